The molecule has 0 bridgehead atoms. The maximum absolute atomic E-state index is 12.8. The average molecular weight is 478 g/mol. The van der Waals surface area contributed by atoms with E-state index < -0.39 is 15.7 Å². The molecule has 32 heavy (non-hydrogen) atoms. The zero-order valence-corrected chi connectivity index (χ0v) is 19.8. The number of halogens is 1. The molecule has 7 nitrogen and oxygen atoms in total. The fourth-order valence-corrected chi connectivity index (χ4v) is 4.72. The lowest BCUT2D eigenvalue weighted by Gasteiger charge is -2.34. The van der Waals surface area contributed by atoms with Gasteiger partial charge in [-0.3, -0.25) is 14.5 Å². The molecule has 1 aliphatic heterocycles. The number of carbonyl (C=O) groups excluding carboxylic acids is 2. The highest BCUT2D eigenvalue weighted by molar-refractivity contribution is 7.90. The fraction of sp³-hybridized carbons (Fsp3) is 0.391. The number of amides is 2. The number of nitrogens with zero attached hydrogens (tertiary/aromatic N) is 1. The first-order valence-corrected chi connectivity index (χ1v) is 12.9. The van der Waals surface area contributed by atoms with Crippen molar-refractivity contribution in [1.82, 2.24) is 4.90 Å². The van der Waals surface area contributed by atoms with Crippen LogP contribution in [0.2, 0.25) is 5.02 Å². The Balaban J connectivity index is 1.69. The number of anilines is 2. The van der Waals surface area contributed by atoms with Crippen LogP contribution in [0.25, 0.3) is 0 Å². The summed E-state index contributed by atoms with van der Waals surface area (Å²) in [4.78, 5) is 27.7. The van der Waals surface area contributed by atoms with E-state index >= 15 is 0 Å². The van der Waals surface area contributed by atoms with Gasteiger partial charge in [0.1, 0.15) is 0 Å². The number of piperidine rings is 1. The highest BCUT2D eigenvalue weighted by Crippen LogP contribution is 2.27. The van der Waals surface area contributed by atoms with E-state index in [0.717, 1.165) is 45.0 Å². The lowest BCUT2D eigenvalue weighted by atomic mass is 10.0. The van der Waals surface area contributed by atoms with Crippen molar-refractivity contribution in [2.45, 2.75) is 43.5 Å². The van der Waals surface area contributed by atoms with Crippen LogP contribution in [-0.2, 0) is 14.6 Å². The first kappa shape index (κ1) is 24.2. The van der Waals surface area contributed by atoms with Gasteiger partial charge in [0.25, 0.3) is 5.91 Å². The van der Waals surface area contributed by atoms with Crippen LogP contribution in [0.15, 0.2) is 47.4 Å². The summed E-state index contributed by atoms with van der Waals surface area (Å²) in [7, 11) is -3.42. The summed E-state index contributed by atoms with van der Waals surface area (Å²) < 4.78 is 23.5. The van der Waals surface area contributed by atoms with Gasteiger partial charge in [0.2, 0.25) is 5.91 Å². The van der Waals surface area contributed by atoms with Crippen LogP contribution in [0.3, 0.4) is 0 Å². The minimum atomic E-state index is -3.42. The molecule has 0 saturated carbocycles. The minimum absolute atomic E-state index is 0.0522. The van der Waals surface area contributed by atoms with Crippen molar-refractivity contribution in [3.8, 4) is 0 Å². The van der Waals surface area contributed by atoms with Crippen molar-refractivity contribution in [2.75, 3.05) is 30.0 Å². The number of sulfone groups is 1. The first-order valence-electron chi connectivity index (χ1n) is 10.6. The molecule has 9 heteroatoms. The number of nitrogens with one attached hydrogen (secondary N) is 2. The lowest BCUT2D eigenvalue weighted by Crippen LogP contribution is -2.47. The average Bonchev–Trinajstić information content (AvgIpc) is 2.75. The monoisotopic (exact) mass is 477 g/mol. The molecule has 0 aliphatic carbocycles. The highest BCUT2D eigenvalue weighted by atomic mass is 35.5. The maximum atomic E-state index is 12.8. The Labute approximate surface area is 194 Å². The Kier molecular flexibility index (Phi) is 7.92. The largest absolute Gasteiger partial charge is 0.325 e. The van der Waals surface area contributed by atoms with Gasteiger partial charge in [-0.2, -0.15) is 0 Å². The zero-order valence-electron chi connectivity index (χ0n) is 18.2. The third kappa shape index (κ3) is 6.09. The van der Waals surface area contributed by atoms with E-state index in [1.54, 1.807) is 18.2 Å². The van der Waals surface area contributed by atoms with Gasteiger partial charge < -0.3 is 10.6 Å². The summed E-state index contributed by atoms with van der Waals surface area (Å²) in [5, 5.41) is 5.89. The van der Waals surface area contributed by atoms with Crippen LogP contribution in [0, 0.1) is 0 Å². The molecular weight excluding hydrogens is 450 g/mol. The van der Waals surface area contributed by atoms with Gasteiger partial charge in [0, 0.05) is 17.5 Å². The van der Waals surface area contributed by atoms with Gasteiger partial charge >= 0.3 is 0 Å². The molecule has 1 saturated heterocycles. The predicted molar refractivity (Wildman–Crippen MR) is 127 cm³/mol. The second kappa shape index (κ2) is 10.5. The van der Waals surface area contributed by atoms with Crippen molar-refractivity contribution in [3.05, 3.63) is 53.1 Å². The molecule has 2 amide bonds. The predicted octanol–water partition coefficient (Wildman–Crippen LogP) is 4.20. The first-order chi connectivity index (χ1) is 15.2. The van der Waals surface area contributed by atoms with E-state index in [4.69, 9.17) is 11.6 Å². The van der Waals surface area contributed by atoms with Gasteiger partial charge in [-0.05, 0) is 68.8 Å². The number of hydrogen-bond acceptors (Lipinski definition) is 5. The van der Waals surface area contributed by atoms with E-state index in [2.05, 4.69) is 22.5 Å². The molecule has 0 aromatic heterocycles. The Bertz CT molecular complexity index is 1100. The van der Waals surface area contributed by atoms with E-state index in [9.17, 15) is 18.0 Å². The smallest absolute Gasteiger partial charge is 0.255 e. The molecule has 2 N–H and O–H groups in total. The van der Waals surface area contributed by atoms with E-state index in [-0.39, 0.29) is 27.4 Å². The number of hydrogen-bond donors (Lipinski definition) is 2. The van der Waals surface area contributed by atoms with E-state index in [0.29, 0.717) is 11.4 Å². The molecule has 1 fully saturated rings. The van der Waals surface area contributed by atoms with E-state index in [1.807, 2.05) is 0 Å². The quantitative estimate of drug-likeness (QED) is 0.623. The van der Waals surface area contributed by atoms with E-state index in [1.165, 1.54) is 24.3 Å². The number of carbonyl (C=O) groups is 2. The molecule has 2 aromatic carbocycles. The molecule has 172 valence electrons. The van der Waals surface area contributed by atoms with Crippen LogP contribution < -0.4 is 10.6 Å². The van der Waals surface area contributed by atoms with Gasteiger partial charge in [-0.1, -0.05) is 31.0 Å². The van der Waals surface area contributed by atoms with Crippen molar-refractivity contribution >= 4 is 44.6 Å². The Hall–Kier alpha value is -2.42. The Morgan fingerprint density at radius 1 is 1.12 bits per heavy atom. The third-order valence-electron chi connectivity index (χ3n) is 5.44. The topological polar surface area (TPSA) is 95.6 Å². The van der Waals surface area contributed by atoms with Crippen molar-refractivity contribution in [2.24, 2.45) is 0 Å². The molecule has 1 unspecified atom stereocenters. The van der Waals surface area contributed by atoms with Crippen molar-refractivity contribution < 1.29 is 18.0 Å². The Morgan fingerprint density at radius 2 is 1.91 bits per heavy atom. The summed E-state index contributed by atoms with van der Waals surface area (Å²) in [6.45, 7) is 3.93. The summed E-state index contributed by atoms with van der Waals surface area (Å²) in [5.41, 5.74) is 1.12. The number of benzene rings is 2. The second-order valence-corrected chi connectivity index (χ2v) is 10.4. The second-order valence-electron chi connectivity index (χ2n) is 7.99. The maximum Gasteiger partial charge on any atom is 0.255 e. The molecule has 1 atom stereocenters. The van der Waals surface area contributed by atoms with Crippen LogP contribution in [-0.4, -0.2) is 50.5 Å². The zero-order chi connectivity index (χ0) is 23.3. The van der Waals surface area contributed by atoms with Gasteiger partial charge in [0.05, 0.1) is 21.6 Å². The lowest BCUT2D eigenvalue weighted by molar-refractivity contribution is -0.122. The highest BCUT2D eigenvalue weighted by Gasteiger charge is 2.28. The molecular formula is C23H28ClN3O4S. The summed E-state index contributed by atoms with van der Waals surface area (Å²) in [5.74, 6) is -0.532. The normalized spacial score (nSPS) is 17.0. The molecule has 1 aliphatic rings. The summed E-state index contributed by atoms with van der Waals surface area (Å²) in [6, 6.07) is 10.5. The summed E-state index contributed by atoms with van der Waals surface area (Å²) >= 11 is 6.34. The molecule has 0 spiro atoms. The van der Waals surface area contributed by atoms with Crippen LogP contribution in [0.1, 0.15) is 43.0 Å². The molecule has 0 radical (unpaired) electrons. The van der Waals surface area contributed by atoms with Crippen molar-refractivity contribution in [1.29, 1.82) is 0 Å². The molecule has 2 aromatic rings. The molecule has 3 rings (SSSR count). The SMILES string of the molecule is CCCN1CCCCC1C(=O)Nc1ccc(NC(=O)c2cccc(S(C)(=O)=O)c2)c(Cl)c1. The summed E-state index contributed by atoms with van der Waals surface area (Å²) in [6.07, 6.45) is 5.06. The van der Waals surface area contributed by atoms with Crippen LogP contribution in [0.4, 0.5) is 11.4 Å². The Morgan fingerprint density at radius 3 is 2.59 bits per heavy atom. The molecule has 1 heterocycles. The number of likely N-dealkylation sites (tertiary alicyclic amines) is 1. The standard InChI is InChI=1S/C23H28ClN3O4S/c1-3-12-27-13-5-4-9-21(27)23(29)25-17-10-11-20(19(24)15-17)26-22(28)16-7-6-8-18(14-16)32(2,30)31/h6-8,10-11,14-15,21H,3-5,9,12-13H2,1-2H3,(H,25,29)(H,26,28). The minimum Gasteiger partial charge on any atom is -0.325 e. The van der Waals surface area contributed by atoms with Gasteiger partial charge in [-0.15, -0.1) is 0 Å². The fourth-order valence-electron chi connectivity index (χ4n) is 3.83. The van der Waals surface area contributed by atoms with Gasteiger partial charge in [-0.25, -0.2) is 8.42 Å². The van der Waals surface area contributed by atoms with Crippen LogP contribution in [0.5, 0.6) is 0 Å². The van der Waals surface area contributed by atoms with Gasteiger partial charge in [0.15, 0.2) is 9.84 Å². The third-order valence-corrected chi connectivity index (χ3v) is 6.86. The van der Waals surface area contributed by atoms with Crippen molar-refractivity contribution in [3.63, 3.8) is 0 Å². The van der Waals surface area contributed by atoms with Crippen LogP contribution >= 0.6 is 11.6 Å². The number of rotatable bonds is 7.